The lowest BCUT2D eigenvalue weighted by atomic mass is 10.2. The predicted molar refractivity (Wildman–Crippen MR) is 72.6 cm³/mol. The number of rotatable bonds is 4. The van der Waals surface area contributed by atoms with Crippen molar-refractivity contribution in [3.05, 3.63) is 70.5 Å². The summed E-state index contributed by atoms with van der Waals surface area (Å²) in [5, 5.41) is 10.9. The molecule has 3 aromatic rings. The van der Waals surface area contributed by atoms with Gasteiger partial charge in [-0.3, -0.25) is 14.5 Å². The molecule has 2 heterocycles. The number of ether oxygens (including phenoxy) is 1. The number of nitro groups is 1. The fraction of sp³-hybridized carbons (Fsp3) is 0.0714. The molecule has 100 valence electrons. The van der Waals surface area contributed by atoms with Gasteiger partial charge in [0.25, 0.3) is 0 Å². The number of fused-ring (bicyclic) bond motifs is 1. The van der Waals surface area contributed by atoms with Crippen LogP contribution in [0.2, 0.25) is 0 Å². The van der Waals surface area contributed by atoms with Crippen LogP contribution in [0.15, 0.2) is 54.9 Å². The van der Waals surface area contributed by atoms with E-state index in [0.29, 0.717) is 12.5 Å². The molecular weight excluding hydrogens is 258 g/mol. The van der Waals surface area contributed by atoms with Gasteiger partial charge in [-0.2, -0.15) is 0 Å². The molecule has 0 unspecified atom stereocenters. The first-order chi connectivity index (χ1) is 9.75. The smallest absolute Gasteiger partial charge is 0.312 e. The van der Waals surface area contributed by atoms with Gasteiger partial charge in [-0.25, -0.2) is 4.98 Å². The van der Waals surface area contributed by atoms with E-state index < -0.39 is 4.92 Å². The zero-order valence-corrected chi connectivity index (χ0v) is 10.5. The van der Waals surface area contributed by atoms with Crippen molar-refractivity contribution in [1.29, 1.82) is 0 Å². The Kier molecular flexibility index (Phi) is 3.04. The van der Waals surface area contributed by atoms with Crippen molar-refractivity contribution in [2.75, 3.05) is 0 Å². The van der Waals surface area contributed by atoms with Crippen LogP contribution in [0.25, 0.3) is 5.65 Å². The highest BCUT2D eigenvalue weighted by Crippen LogP contribution is 2.24. The van der Waals surface area contributed by atoms with E-state index in [0.717, 1.165) is 5.56 Å². The Labute approximate surface area is 114 Å². The number of nitrogens with zero attached hydrogens (tertiary/aromatic N) is 3. The topological polar surface area (TPSA) is 69.7 Å². The second-order valence-electron chi connectivity index (χ2n) is 4.21. The summed E-state index contributed by atoms with van der Waals surface area (Å²) in [5.41, 5.74) is 1.27. The molecule has 0 aliphatic rings. The van der Waals surface area contributed by atoms with E-state index >= 15 is 0 Å². The molecule has 0 aliphatic heterocycles. The third-order valence-corrected chi connectivity index (χ3v) is 2.92. The van der Waals surface area contributed by atoms with Crippen molar-refractivity contribution < 1.29 is 9.66 Å². The molecule has 0 saturated carbocycles. The van der Waals surface area contributed by atoms with Crippen molar-refractivity contribution in [2.24, 2.45) is 0 Å². The second-order valence-corrected chi connectivity index (χ2v) is 4.21. The molecular formula is C14H11N3O3. The van der Waals surface area contributed by atoms with Crippen LogP contribution in [-0.4, -0.2) is 14.3 Å². The summed E-state index contributed by atoms with van der Waals surface area (Å²) in [6.45, 7) is 0.395. The van der Waals surface area contributed by atoms with Gasteiger partial charge >= 0.3 is 5.69 Å². The molecule has 1 aromatic carbocycles. The van der Waals surface area contributed by atoms with E-state index in [1.165, 1.54) is 12.3 Å². The van der Waals surface area contributed by atoms with E-state index in [1.54, 1.807) is 16.7 Å². The minimum atomic E-state index is -0.455. The monoisotopic (exact) mass is 269 g/mol. The molecule has 2 aromatic heterocycles. The molecule has 0 N–H and O–H groups in total. The van der Waals surface area contributed by atoms with Crippen LogP contribution in [0, 0.1) is 10.1 Å². The van der Waals surface area contributed by atoms with Crippen LogP contribution < -0.4 is 4.74 Å². The van der Waals surface area contributed by atoms with Crippen molar-refractivity contribution in [3.63, 3.8) is 0 Å². The van der Waals surface area contributed by atoms with Gasteiger partial charge in [0.15, 0.2) is 5.88 Å². The standard InChI is InChI=1S/C14H11N3O3/c18-17(19)12-6-7-13(16-9-8-15-14(12)16)20-10-11-4-2-1-3-5-11/h1-9H,10H2. The third-order valence-electron chi connectivity index (χ3n) is 2.92. The normalized spacial score (nSPS) is 10.6. The fourth-order valence-corrected chi connectivity index (χ4v) is 1.97. The molecule has 0 saturated heterocycles. The van der Waals surface area contributed by atoms with Gasteiger partial charge < -0.3 is 4.74 Å². The Hall–Kier alpha value is -2.89. The van der Waals surface area contributed by atoms with Crippen molar-refractivity contribution in [1.82, 2.24) is 9.38 Å². The van der Waals surface area contributed by atoms with Crippen LogP contribution >= 0.6 is 0 Å². The highest BCUT2D eigenvalue weighted by Gasteiger charge is 2.16. The third kappa shape index (κ3) is 2.18. The molecule has 0 bridgehead atoms. The fourth-order valence-electron chi connectivity index (χ4n) is 1.97. The number of aromatic nitrogens is 2. The predicted octanol–water partition coefficient (Wildman–Crippen LogP) is 2.82. The van der Waals surface area contributed by atoms with E-state index in [1.807, 2.05) is 30.3 Å². The van der Waals surface area contributed by atoms with Crippen molar-refractivity contribution >= 4 is 11.3 Å². The average molecular weight is 269 g/mol. The van der Waals surface area contributed by atoms with Crippen molar-refractivity contribution in [3.8, 4) is 5.88 Å². The average Bonchev–Trinajstić information content (AvgIpc) is 2.95. The molecule has 6 heteroatoms. The largest absolute Gasteiger partial charge is 0.474 e. The summed E-state index contributed by atoms with van der Waals surface area (Å²) in [7, 11) is 0. The first-order valence-corrected chi connectivity index (χ1v) is 6.03. The van der Waals surface area contributed by atoms with Crippen LogP contribution in [0.4, 0.5) is 5.69 Å². The van der Waals surface area contributed by atoms with Crippen LogP contribution in [0.1, 0.15) is 5.56 Å². The van der Waals surface area contributed by atoms with E-state index in [-0.39, 0.29) is 11.3 Å². The van der Waals surface area contributed by atoms with Gasteiger partial charge in [0.2, 0.25) is 5.65 Å². The van der Waals surface area contributed by atoms with Gasteiger partial charge in [-0.1, -0.05) is 30.3 Å². The maximum atomic E-state index is 10.9. The number of hydrogen-bond acceptors (Lipinski definition) is 4. The summed E-state index contributed by atoms with van der Waals surface area (Å²) < 4.78 is 7.27. The molecule has 0 amide bonds. The van der Waals surface area contributed by atoms with Gasteiger partial charge in [0.1, 0.15) is 6.61 Å². The Balaban J connectivity index is 1.91. The minimum absolute atomic E-state index is 0.0398. The SMILES string of the molecule is O=[N+]([O-])c1ccc(OCc2ccccc2)n2ccnc12. The summed E-state index contributed by atoms with van der Waals surface area (Å²) in [6, 6.07) is 12.7. The Bertz CT molecular complexity index is 753. The van der Waals surface area contributed by atoms with Gasteiger partial charge in [-0.15, -0.1) is 0 Å². The van der Waals surface area contributed by atoms with Gasteiger partial charge in [-0.05, 0) is 5.56 Å². The molecule has 0 fully saturated rings. The Morgan fingerprint density at radius 1 is 1.20 bits per heavy atom. The number of imidazole rings is 1. The van der Waals surface area contributed by atoms with Gasteiger partial charge in [0.05, 0.1) is 4.92 Å². The lowest BCUT2D eigenvalue weighted by molar-refractivity contribution is -0.383. The van der Waals surface area contributed by atoms with E-state index in [2.05, 4.69) is 4.98 Å². The molecule has 0 atom stereocenters. The van der Waals surface area contributed by atoms with Gasteiger partial charge in [0, 0.05) is 24.5 Å². The summed E-state index contributed by atoms with van der Waals surface area (Å²) in [4.78, 5) is 14.5. The minimum Gasteiger partial charge on any atom is -0.474 e. The second kappa shape index (κ2) is 5.00. The highest BCUT2D eigenvalue weighted by molar-refractivity contribution is 5.61. The molecule has 0 spiro atoms. The number of benzene rings is 1. The zero-order chi connectivity index (χ0) is 13.9. The summed E-state index contributed by atoms with van der Waals surface area (Å²) in [6.07, 6.45) is 3.15. The first kappa shape index (κ1) is 12.2. The lowest BCUT2D eigenvalue weighted by Gasteiger charge is -2.08. The molecule has 3 rings (SSSR count). The Morgan fingerprint density at radius 2 is 2.00 bits per heavy atom. The lowest BCUT2D eigenvalue weighted by Crippen LogP contribution is -2.01. The maximum Gasteiger partial charge on any atom is 0.312 e. The van der Waals surface area contributed by atoms with Crippen LogP contribution in [-0.2, 0) is 6.61 Å². The highest BCUT2D eigenvalue weighted by atomic mass is 16.6. The molecule has 0 radical (unpaired) electrons. The maximum absolute atomic E-state index is 10.9. The first-order valence-electron chi connectivity index (χ1n) is 6.03. The van der Waals surface area contributed by atoms with E-state index in [9.17, 15) is 10.1 Å². The van der Waals surface area contributed by atoms with E-state index in [4.69, 9.17) is 4.74 Å². The summed E-state index contributed by atoms with van der Waals surface area (Å²) >= 11 is 0. The van der Waals surface area contributed by atoms with Crippen LogP contribution in [0.3, 0.4) is 0 Å². The van der Waals surface area contributed by atoms with Crippen LogP contribution in [0.5, 0.6) is 5.88 Å². The quantitative estimate of drug-likeness (QED) is 0.539. The number of pyridine rings is 1. The number of hydrogen-bond donors (Lipinski definition) is 0. The molecule has 20 heavy (non-hydrogen) atoms. The summed E-state index contributed by atoms with van der Waals surface area (Å²) in [5.74, 6) is 0.520. The molecule has 0 aliphatic carbocycles. The molecule has 6 nitrogen and oxygen atoms in total. The van der Waals surface area contributed by atoms with Crippen molar-refractivity contribution in [2.45, 2.75) is 6.61 Å². The zero-order valence-electron chi connectivity index (χ0n) is 10.5. The Morgan fingerprint density at radius 3 is 2.75 bits per heavy atom.